The fourth-order valence-corrected chi connectivity index (χ4v) is 5.38. The average Bonchev–Trinajstić information content (AvgIpc) is 3.08. The molecule has 0 amide bonds. The number of ketones is 1. The van der Waals surface area contributed by atoms with E-state index in [4.69, 9.17) is 23.2 Å². The van der Waals surface area contributed by atoms with Crippen LogP contribution in [0.5, 0.6) is 0 Å². The summed E-state index contributed by atoms with van der Waals surface area (Å²) in [5.41, 5.74) is 4.91. The van der Waals surface area contributed by atoms with E-state index in [0.29, 0.717) is 34.0 Å². The molecule has 0 atom stereocenters. The number of halogens is 2. The molecule has 0 unspecified atom stereocenters. The number of fused-ring (bicyclic) bond motifs is 1. The number of hydrogen-bond donors (Lipinski definition) is 1. The lowest BCUT2D eigenvalue weighted by Gasteiger charge is -2.25. The summed E-state index contributed by atoms with van der Waals surface area (Å²) in [5, 5.41) is 21.0. The Morgan fingerprint density at radius 2 is 1.91 bits per heavy atom. The number of aliphatic hydroxyl groups excluding tert-OH is 1. The first-order valence-electron chi connectivity index (χ1n) is 11.0. The Kier molecular flexibility index (Phi) is 6.62. The summed E-state index contributed by atoms with van der Waals surface area (Å²) in [7, 11) is 1.96. The summed E-state index contributed by atoms with van der Waals surface area (Å²) < 4.78 is 2.05. The Labute approximate surface area is 198 Å². The summed E-state index contributed by atoms with van der Waals surface area (Å²) in [6, 6.07) is 11.6. The van der Waals surface area contributed by atoms with Crippen LogP contribution in [0.15, 0.2) is 30.3 Å². The van der Waals surface area contributed by atoms with Crippen LogP contribution in [0.1, 0.15) is 64.8 Å². The lowest BCUT2D eigenvalue weighted by molar-refractivity contribution is 0.0860. The van der Waals surface area contributed by atoms with Crippen molar-refractivity contribution in [3.8, 4) is 6.07 Å². The highest BCUT2D eigenvalue weighted by Crippen LogP contribution is 2.35. The van der Waals surface area contributed by atoms with Crippen LogP contribution in [0.2, 0.25) is 10.0 Å². The second kappa shape index (κ2) is 9.27. The molecule has 1 aromatic heterocycles. The Balaban J connectivity index is 1.64. The molecule has 2 aromatic carbocycles. The third-order valence-electron chi connectivity index (χ3n) is 6.73. The van der Waals surface area contributed by atoms with E-state index in [1.807, 2.05) is 26.1 Å². The number of aryl methyl sites for hydroxylation is 2. The number of aliphatic hydroxyl groups is 1. The largest absolute Gasteiger partial charge is 0.393 e. The molecule has 0 spiro atoms. The maximum Gasteiger partial charge on any atom is 0.164 e. The monoisotopic (exact) mass is 468 g/mol. The Morgan fingerprint density at radius 1 is 1.19 bits per heavy atom. The van der Waals surface area contributed by atoms with E-state index in [1.165, 1.54) is 0 Å². The molecule has 0 aliphatic heterocycles. The van der Waals surface area contributed by atoms with Crippen LogP contribution in [0.3, 0.4) is 0 Å². The van der Waals surface area contributed by atoms with E-state index in [2.05, 4.69) is 16.7 Å². The number of nitriles is 1. The first-order valence-corrected chi connectivity index (χ1v) is 11.7. The molecule has 6 heteroatoms. The van der Waals surface area contributed by atoms with Gasteiger partial charge in [0.05, 0.1) is 22.8 Å². The van der Waals surface area contributed by atoms with Gasteiger partial charge in [-0.05, 0) is 80.0 Å². The van der Waals surface area contributed by atoms with Crippen LogP contribution in [0, 0.1) is 24.2 Å². The lowest BCUT2D eigenvalue weighted by atomic mass is 9.83. The summed E-state index contributed by atoms with van der Waals surface area (Å²) in [5.74, 6) is 0.317. The van der Waals surface area contributed by atoms with Gasteiger partial charge in [-0.2, -0.15) is 5.26 Å². The first kappa shape index (κ1) is 22.9. The van der Waals surface area contributed by atoms with Crippen molar-refractivity contribution in [2.75, 3.05) is 0 Å². The van der Waals surface area contributed by atoms with E-state index in [-0.39, 0.29) is 17.8 Å². The van der Waals surface area contributed by atoms with Crippen molar-refractivity contribution >= 4 is 39.9 Å². The highest BCUT2D eigenvalue weighted by Gasteiger charge is 2.24. The number of hydrogen-bond acceptors (Lipinski definition) is 3. The molecule has 32 heavy (non-hydrogen) atoms. The van der Waals surface area contributed by atoms with Crippen LogP contribution < -0.4 is 0 Å². The minimum atomic E-state index is -0.235. The fraction of sp³-hybridized carbons (Fsp3) is 0.385. The van der Waals surface area contributed by atoms with E-state index >= 15 is 0 Å². The molecule has 0 bridgehead atoms. The number of Topliss-reactive ketones (excluding diaryl/α,β-unsaturated/α-hetero) is 1. The van der Waals surface area contributed by atoms with Gasteiger partial charge < -0.3 is 9.67 Å². The minimum absolute atomic E-state index is 0.0286. The molecule has 1 saturated carbocycles. The highest BCUT2D eigenvalue weighted by molar-refractivity contribution is 6.38. The van der Waals surface area contributed by atoms with Crippen LogP contribution in [0.25, 0.3) is 10.9 Å². The van der Waals surface area contributed by atoms with Crippen molar-refractivity contribution in [3.63, 3.8) is 0 Å². The lowest BCUT2D eigenvalue weighted by Crippen LogP contribution is -2.20. The SMILES string of the molecule is Cc1cc(C#N)cc2c1cc(Cc1c(Cl)ccc(C(=O)CC3CCC(O)CC3)c1Cl)n2C. The van der Waals surface area contributed by atoms with Gasteiger partial charge in [-0.25, -0.2) is 0 Å². The Hall–Kier alpha value is -2.32. The number of benzene rings is 2. The van der Waals surface area contributed by atoms with Crippen LogP contribution in [-0.4, -0.2) is 21.6 Å². The number of aromatic nitrogens is 1. The molecule has 1 fully saturated rings. The van der Waals surface area contributed by atoms with Crippen LogP contribution in [-0.2, 0) is 13.5 Å². The van der Waals surface area contributed by atoms with Crippen molar-refractivity contribution in [2.45, 2.75) is 51.6 Å². The smallest absolute Gasteiger partial charge is 0.164 e. The van der Waals surface area contributed by atoms with Gasteiger partial charge in [-0.15, -0.1) is 0 Å². The Morgan fingerprint density at radius 3 is 2.59 bits per heavy atom. The molecule has 0 saturated heterocycles. The molecule has 4 rings (SSSR count). The van der Waals surface area contributed by atoms with Crippen molar-refractivity contribution in [1.29, 1.82) is 5.26 Å². The molecule has 1 aliphatic carbocycles. The number of carbonyl (C=O) groups is 1. The summed E-state index contributed by atoms with van der Waals surface area (Å²) in [6.45, 7) is 2.00. The molecular weight excluding hydrogens is 443 g/mol. The second-order valence-electron chi connectivity index (χ2n) is 8.90. The molecule has 3 aromatic rings. The van der Waals surface area contributed by atoms with E-state index in [9.17, 15) is 15.2 Å². The number of carbonyl (C=O) groups excluding carboxylic acids is 1. The average molecular weight is 469 g/mol. The maximum atomic E-state index is 13.0. The highest BCUT2D eigenvalue weighted by atomic mass is 35.5. The van der Waals surface area contributed by atoms with E-state index < -0.39 is 0 Å². The van der Waals surface area contributed by atoms with Gasteiger partial charge in [0.1, 0.15) is 0 Å². The van der Waals surface area contributed by atoms with Crippen molar-refractivity contribution < 1.29 is 9.90 Å². The molecule has 0 radical (unpaired) electrons. The molecule has 1 heterocycles. The van der Waals surface area contributed by atoms with Gasteiger partial charge in [0.25, 0.3) is 0 Å². The number of nitrogens with zero attached hydrogens (tertiary/aromatic N) is 2. The third-order valence-corrected chi connectivity index (χ3v) is 7.52. The zero-order chi connectivity index (χ0) is 23.0. The zero-order valence-electron chi connectivity index (χ0n) is 18.3. The normalized spacial score (nSPS) is 18.6. The predicted molar refractivity (Wildman–Crippen MR) is 129 cm³/mol. The first-order chi connectivity index (χ1) is 15.3. The van der Waals surface area contributed by atoms with Crippen molar-refractivity contribution in [1.82, 2.24) is 4.57 Å². The molecule has 1 N–H and O–H groups in total. The summed E-state index contributed by atoms with van der Waals surface area (Å²) in [6.07, 6.45) is 3.94. The van der Waals surface area contributed by atoms with Gasteiger partial charge in [0.15, 0.2) is 5.78 Å². The zero-order valence-corrected chi connectivity index (χ0v) is 19.8. The molecular formula is C26H26Cl2N2O2. The number of rotatable bonds is 5. The molecule has 166 valence electrons. The molecule has 1 aliphatic rings. The predicted octanol–water partition coefficient (Wildman–Crippen LogP) is 6.38. The van der Waals surface area contributed by atoms with E-state index in [1.54, 1.807) is 12.1 Å². The fourth-order valence-electron chi connectivity index (χ4n) is 4.77. The standard InChI is InChI=1S/C26H26Cl2N2O2/c1-15-9-17(14-29)10-24-21(15)12-18(30(24)2)13-22-23(27)8-7-20(26(22)28)25(32)11-16-3-5-19(31)6-4-16/h7-10,12,16,19,31H,3-6,11,13H2,1-2H3. The minimum Gasteiger partial charge on any atom is -0.393 e. The summed E-state index contributed by atoms with van der Waals surface area (Å²) >= 11 is 13.3. The van der Waals surface area contributed by atoms with Gasteiger partial charge in [-0.1, -0.05) is 23.2 Å². The Bertz CT molecular complexity index is 1230. The van der Waals surface area contributed by atoms with Crippen LogP contribution >= 0.6 is 23.2 Å². The summed E-state index contributed by atoms with van der Waals surface area (Å²) in [4.78, 5) is 13.0. The van der Waals surface area contributed by atoms with E-state index in [0.717, 1.165) is 53.4 Å². The van der Waals surface area contributed by atoms with Gasteiger partial charge in [0.2, 0.25) is 0 Å². The van der Waals surface area contributed by atoms with Gasteiger partial charge in [0, 0.05) is 47.1 Å². The molecule has 4 nitrogen and oxygen atoms in total. The van der Waals surface area contributed by atoms with Gasteiger partial charge >= 0.3 is 0 Å². The van der Waals surface area contributed by atoms with Crippen molar-refractivity contribution in [2.24, 2.45) is 13.0 Å². The quantitative estimate of drug-likeness (QED) is 0.441. The van der Waals surface area contributed by atoms with Crippen molar-refractivity contribution in [3.05, 3.63) is 68.3 Å². The topological polar surface area (TPSA) is 66.0 Å². The van der Waals surface area contributed by atoms with Gasteiger partial charge in [-0.3, -0.25) is 4.79 Å². The second-order valence-corrected chi connectivity index (χ2v) is 9.68. The maximum absolute atomic E-state index is 13.0. The van der Waals surface area contributed by atoms with Crippen LogP contribution in [0.4, 0.5) is 0 Å². The third kappa shape index (κ3) is 4.43.